The van der Waals surface area contributed by atoms with E-state index in [-0.39, 0.29) is 5.01 Å². The topological polar surface area (TPSA) is 59.4 Å². The van der Waals surface area contributed by atoms with Gasteiger partial charge in [0.1, 0.15) is 15.6 Å². The van der Waals surface area contributed by atoms with E-state index in [1.54, 1.807) is 25.1 Å². The van der Waals surface area contributed by atoms with Gasteiger partial charge in [0.15, 0.2) is 5.69 Å². The summed E-state index contributed by atoms with van der Waals surface area (Å²) in [6, 6.07) is 6.42. The van der Waals surface area contributed by atoms with Crippen molar-refractivity contribution >= 4 is 17.3 Å². The third kappa shape index (κ3) is 3.15. The lowest BCUT2D eigenvalue weighted by Crippen LogP contribution is -2.11. The number of benzene rings is 1. The van der Waals surface area contributed by atoms with Crippen LogP contribution in [0.25, 0.3) is 10.6 Å². The Kier molecular flexibility index (Phi) is 4.17. The molecule has 4 nitrogen and oxygen atoms in total. The second kappa shape index (κ2) is 5.72. The standard InChI is InChI=1S/C13H10F3NO3S/c1-2-20-8-6-4-3-5-7(8)11-17-10(13(14,15)16)9(21-11)12(18)19/h3-6H,2H2,1H3,(H,18,19). The first kappa shape index (κ1) is 15.3. The van der Waals surface area contributed by atoms with Crippen LogP contribution in [-0.2, 0) is 6.18 Å². The summed E-state index contributed by atoms with van der Waals surface area (Å²) in [5.74, 6) is -1.29. The summed E-state index contributed by atoms with van der Waals surface area (Å²) >= 11 is 0.477. The van der Waals surface area contributed by atoms with Crippen molar-refractivity contribution in [2.45, 2.75) is 13.1 Å². The van der Waals surface area contributed by atoms with Gasteiger partial charge in [-0.05, 0) is 19.1 Å². The summed E-state index contributed by atoms with van der Waals surface area (Å²) in [4.78, 5) is 13.6. The number of nitrogens with zero attached hydrogens (tertiary/aromatic N) is 1. The molecule has 0 aliphatic rings. The quantitative estimate of drug-likeness (QED) is 0.928. The first-order valence-electron chi connectivity index (χ1n) is 5.88. The van der Waals surface area contributed by atoms with E-state index < -0.39 is 22.7 Å². The van der Waals surface area contributed by atoms with E-state index in [0.29, 0.717) is 29.3 Å². The number of rotatable bonds is 4. The van der Waals surface area contributed by atoms with Gasteiger partial charge in [-0.15, -0.1) is 11.3 Å². The molecule has 0 amide bonds. The van der Waals surface area contributed by atoms with Crippen LogP contribution in [0.5, 0.6) is 5.75 Å². The van der Waals surface area contributed by atoms with Crippen molar-refractivity contribution in [3.05, 3.63) is 34.8 Å². The van der Waals surface area contributed by atoms with Gasteiger partial charge in [0.25, 0.3) is 0 Å². The molecule has 0 spiro atoms. The minimum Gasteiger partial charge on any atom is -0.493 e. The number of thiazole rings is 1. The lowest BCUT2D eigenvalue weighted by Gasteiger charge is -2.07. The maximum atomic E-state index is 12.8. The second-order valence-corrected chi connectivity index (χ2v) is 4.93. The number of para-hydroxylation sites is 1. The zero-order valence-corrected chi connectivity index (χ0v) is 11.6. The van der Waals surface area contributed by atoms with Crippen molar-refractivity contribution in [3.8, 4) is 16.3 Å². The summed E-state index contributed by atoms with van der Waals surface area (Å²) in [7, 11) is 0. The zero-order valence-electron chi connectivity index (χ0n) is 10.8. The smallest absolute Gasteiger partial charge is 0.435 e. The van der Waals surface area contributed by atoms with Gasteiger partial charge in [0.05, 0.1) is 12.2 Å². The highest BCUT2D eigenvalue weighted by Crippen LogP contribution is 2.40. The van der Waals surface area contributed by atoms with E-state index >= 15 is 0 Å². The van der Waals surface area contributed by atoms with E-state index in [0.717, 1.165) is 0 Å². The number of hydrogen-bond acceptors (Lipinski definition) is 4. The van der Waals surface area contributed by atoms with Crippen LogP contribution in [0, 0.1) is 0 Å². The van der Waals surface area contributed by atoms with Crippen LogP contribution in [0.4, 0.5) is 13.2 Å². The molecule has 0 saturated heterocycles. The molecule has 1 aromatic heterocycles. The number of aromatic carboxylic acids is 1. The third-order valence-electron chi connectivity index (χ3n) is 2.51. The molecule has 0 saturated carbocycles. The molecule has 1 heterocycles. The van der Waals surface area contributed by atoms with Crippen LogP contribution in [0.1, 0.15) is 22.3 Å². The van der Waals surface area contributed by atoms with E-state index in [1.807, 2.05) is 0 Å². The van der Waals surface area contributed by atoms with E-state index in [1.165, 1.54) is 6.07 Å². The minimum absolute atomic E-state index is 0.0382. The van der Waals surface area contributed by atoms with Gasteiger partial charge in [-0.2, -0.15) is 13.2 Å². The van der Waals surface area contributed by atoms with Crippen molar-refractivity contribution < 1.29 is 27.8 Å². The average Bonchev–Trinajstić information content (AvgIpc) is 2.85. The molecule has 112 valence electrons. The Morgan fingerprint density at radius 1 is 1.38 bits per heavy atom. The highest BCUT2D eigenvalue weighted by Gasteiger charge is 2.40. The number of carboxylic acid groups (broad SMARTS) is 1. The monoisotopic (exact) mass is 317 g/mol. The van der Waals surface area contributed by atoms with Gasteiger partial charge in [0, 0.05) is 0 Å². The number of alkyl halides is 3. The summed E-state index contributed by atoms with van der Waals surface area (Å²) < 4.78 is 43.8. The van der Waals surface area contributed by atoms with E-state index in [4.69, 9.17) is 9.84 Å². The van der Waals surface area contributed by atoms with Crippen LogP contribution in [0.15, 0.2) is 24.3 Å². The summed E-state index contributed by atoms with van der Waals surface area (Å²) in [5.41, 5.74) is -1.05. The largest absolute Gasteiger partial charge is 0.493 e. The molecular formula is C13H10F3NO3S. The van der Waals surface area contributed by atoms with Gasteiger partial charge in [0.2, 0.25) is 0 Å². The van der Waals surface area contributed by atoms with Crippen LogP contribution in [0.3, 0.4) is 0 Å². The Balaban J connectivity index is 2.58. The molecule has 0 radical (unpaired) electrons. The Bertz CT molecular complexity index is 667. The number of carbonyl (C=O) groups is 1. The first-order valence-corrected chi connectivity index (χ1v) is 6.69. The van der Waals surface area contributed by atoms with Gasteiger partial charge < -0.3 is 9.84 Å². The van der Waals surface area contributed by atoms with Crippen molar-refractivity contribution in [1.29, 1.82) is 0 Å². The molecule has 21 heavy (non-hydrogen) atoms. The Morgan fingerprint density at radius 3 is 2.57 bits per heavy atom. The summed E-state index contributed by atoms with van der Waals surface area (Å²) in [5, 5.41) is 8.86. The molecule has 0 bridgehead atoms. The minimum atomic E-state index is -4.82. The number of carboxylic acids is 1. The molecule has 1 aromatic carbocycles. The van der Waals surface area contributed by atoms with E-state index in [9.17, 15) is 18.0 Å². The fraction of sp³-hybridized carbons (Fsp3) is 0.231. The van der Waals surface area contributed by atoms with E-state index in [2.05, 4.69) is 4.98 Å². The predicted molar refractivity (Wildman–Crippen MR) is 70.7 cm³/mol. The normalized spacial score (nSPS) is 11.4. The molecule has 2 aromatic rings. The molecule has 8 heteroatoms. The fourth-order valence-electron chi connectivity index (χ4n) is 1.70. The molecule has 0 atom stereocenters. The lowest BCUT2D eigenvalue weighted by molar-refractivity contribution is -0.141. The van der Waals surface area contributed by atoms with Crippen molar-refractivity contribution in [2.24, 2.45) is 0 Å². The van der Waals surface area contributed by atoms with Crippen LogP contribution in [0.2, 0.25) is 0 Å². The number of halogens is 3. The van der Waals surface area contributed by atoms with Crippen molar-refractivity contribution in [2.75, 3.05) is 6.61 Å². The lowest BCUT2D eigenvalue weighted by atomic mass is 10.2. The van der Waals surface area contributed by atoms with Gasteiger partial charge in [-0.1, -0.05) is 12.1 Å². The molecule has 0 aliphatic carbocycles. The maximum absolute atomic E-state index is 12.8. The SMILES string of the molecule is CCOc1ccccc1-c1nc(C(F)(F)F)c(C(=O)O)s1. The molecular weight excluding hydrogens is 307 g/mol. The van der Waals surface area contributed by atoms with Crippen LogP contribution >= 0.6 is 11.3 Å². The Morgan fingerprint density at radius 2 is 2.05 bits per heavy atom. The number of ether oxygens (including phenoxy) is 1. The number of hydrogen-bond donors (Lipinski definition) is 1. The molecule has 1 N–H and O–H groups in total. The van der Waals surface area contributed by atoms with Crippen LogP contribution < -0.4 is 4.74 Å². The second-order valence-electron chi connectivity index (χ2n) is 3.93. The first-order chi connectivity index (χ1) is 9.84. The fourth-order valence-corrected chi connectivity index (χ4v) is 2.65. The summed E-state index contributed by atoms with van der Waals surface area (Å²) in [6.07, 6.45) is -4.82. The van der Waals surface area contributed by atoms with Gasteiger partial charge >= 0.3 is 12.1 Å². The molecule has 2 rings (SSSR count). The molecule has 0 unspecified atom stereocenters. The highest BCUT2D eigenvalue weighted by molar-refractivity contribution is 7.17. The summed E-state index contributed by atoms with van der Waals surface area (Å²) in [6.45, 7) is 2.07. The number of aromatic nitrogens is 1. The van der Waals surface area contributed by atoms with Gasteiger partial charge in [-0.25, -0.2) is 9.78 Å². The predicted octanol–water partition coefficient (Wildman–Crippen LogP) is 3.93. The molecule has 0 fully saturated rings. The Labute approximate surface area is 121 Å². The van der Waals surface area contributed by atoms with Crippen molar-refractivity contribution in [1.82, 2.24) is 4.98 Å². The average molecular weight is 317 g/mol. The van der Waals surface area contributed by atoms with Crippen LogP contribution in [-0.4, -0.2) is 22.7 Å². The third-order valence-corrected chi connectivity index (χ3v) is 3.58. The highest BCUT2D eigenvalue weighted by atomic mass is 32.1. The Hall–Kier alpha value is -2.09. The van der Waals surface area contributed by atoms with Gasteiger partial charge in [-0.3, -0.25) is 0 Å². The van der Waals surface area contributed by atoms with Crippen molar-refractivity contribution in [3.63, 3.8) is 0 Å². The maximum Gasteiger partial charge on any atom is 0.435 e. The zero-order chi connectivity index (χ0) is 15.6. The molecule has 0 aliphatic heterocycles.